The first kappa shape index (κ1) is 23.9. The summed E-state index contributed by atoms with van der Waals surface area (Å²) in [5.74, 6) is 0.565. The molecule has 1 aliphatic rings. The van der Waals surface area contributed by atoms with Crippen molar-refractivity contribution in [2.45, 2.75) is 25.2 Å². The summed E-state index contributed by atoms with van der Waals surface area (Å²) < 4.78 is 32.6. The van der Waals surface area contributed by atoms with E-state index in [9.17, 15) is 13.2 Å². The minimum Gasteiger partial charge on any atom is -0.494 e. The van der Waals surface area contributed by atoms with E-state index in [0.29, 0.717) is 37.7 Å². The van der Waals surface area contributed by atoms with Crippen LogP contribution in [0.15, 0.2) is 58.5 Å². The van der Waals surface area contributed by atoms with Crippen molar-refractivity contribution < 1.29 is 17.9 Å². The third-order valence-corrected chi connectivity index (χ3v) is 7.03. The van der Waals surface area contributed by atoms with Gasteiger partial charge in [-0.05, 0) is 55.3 Å². The zero-order chi connectivity index (χ0) is 23.0. The third-order valence-electron chi connectivity index (χ3n) is 5.11. The van der Waals surface area contributed by atoms with E-state index >= 15 is 0 Å². The average molecular weight is 459 g/mol. The van der Waals surface area contributed by atoms with E-state index < -0.39 is 10.0 Å². The molecule has 32 heavy (non-hydrogen) atoms. The van der Waals surface area contributed by atoms with Crippen molar-refractivity contribution >= 4 is 22.1 Å². The van der Waals surface area contributed by atoms with Gasteiger partial charge in [0.1, 0.15) is 5.75 Å². The monoisotopic (exact) mass is 458 g/mol. The van der Waals surface area contributed by atoms with E-state index in [1.165, 1.54) is 4.31 Å². The number of sulfonamides is 1. The summed E-state index contributed by atoms with van der Waals surface area (Å²) in [4.78, 5) is 14.4. The van der Waals surface area contributed by atoms with Crippen LogP contribution in [0.3, 0.4) is 0 Å². The Morgan fingerprint density at radius 1 is 1.06 bits per heavy atom. The van der Waals surface area contributed by atoms with Crippen molar-refractivity contribution in [3.05, 3.63) is 59.7 Å². The number of carbonyl (C=O) groups is 1. The number of nitrogens with zero attached hydrogens (tertiary/aromatic N) is 3. The number of amides is 1. The fourth-order valence-corrected chi connectivity index (χ4v) is 4.70. The normalized spacial score (nSPS) is 15.7. The van der Waals surface area contributed by atoms with Crippen LogP contribution in [0.2, 0.25) is 0 Å². The van der Waals surface area contributed by atoms with Crippen molar-refractivity contribution in [1.82, 2.24) is 14.6 Å². The molecule has 0 atom stereocenters. The molecular formula is C23H30N4O4S. The number of ether oxygens (including phenoxy) is 1. The second-order valence-electron chi connectivity index (χ2n) is 7.70. The number of nitrogens with one attached hydrogen (secondary N) is 1. The molecule has 0 bridgehead atoms. The fraction of sp³-hybridized carbons (Fsp3) is 0.391. The van der Waals surface area contributed by atoms with Crippen LogP contribution in [0, 0.1) is 6.92 Å². The number of piperazine rings is 1. The summed E-state index contributed by atoms with van der Waals surface area (Å²) in [5.41, 5.74) is 4.39. The minimum atomic E-state index is -3.51. The van der Waals surface area contributed by atoms with Gasteiger partial charge in [-0.1, -0.05) is 24.6 Å². The lowest BCUT2D eigenvalue weighted by Gasteiger charge is -2.33. The lowest BCUT2D eigenvalue weighted by molar-refractivity contribution is -0.122. The van der Waals surface area contributed by atoms with Crippen LogP contribution in [0.4, 0.5) is 0 Å². The average Bonchev–Trinajstić information content (AvgIpc) is 2.79. The van der Waals surface area contributed by atoms with Gasteiger partial charge in [0.25, 0.3) is 5.91 Å². The largest absolute Gasteiger partial charge is 0.494 e. The van der Waals surface area contributed by atoms with Gasteiger partial charge in [0.2, 0.25) is 10.0 Å². The van der Waals surface area contributed by atoms with Gasteiger partial charge in [-0.2, -0.15) is 9.41 Å². The highest BCUT2D eigenvalue weighted by atomic mass is 32.2. The van der Waals surface area contributed by atoms with Crippen molar-refractivity contribution in [2.24, 2.45) is 5.10 Å². The Kier molecular flexibility index (Phi) is 8.38. The predicted octanol–water partition coefficient (Wildman–Crippen LogP) is 2.24. The molecule has 0 radical (unpaired) electrons. The number of hydrogen-bond acceptors (Lipinski definition) is 6. The number of carbonyl (C=O) groups excluding carboxylic acids is 1. The summed E-state index contributed by atoms with van der Waals surface area (Å²) in [6, 6.07) is 14.3. The molecule has 2 aromatic carbocycles. The van der Waals surface area contributed by atoms with Crippen LogP contribution in [0.25, 0.3) is 0 Å². The Morgan fingerprint density at radius 3 is 2.34 bits per heavy atom. The molecule has 2 aromatic rings. The Balaban J connectivity index is 1.43. The number of benzene rings is 2. The Hall–Kier alpha value is -2.75. The quantitative estimate of drug-likeness (QED) is 0.460. The van der Waals surface area contributed by atoms with Gasteiger partial charge in [-0.15, -0.1) is 0 Å². The zero-order valence-electron chi connectivity index (χ0n) is 18.5. The molecule has 1 aliphatic heterocycles. The topological polar surface area (TPSA) is 91.3 Å². The highest BCUT2D eigenvalue weighted by Crippen LogP contribution is 2.18. The SMILES string of the molecule is CCCOc1ccc(C=NNC(=O)CN2CCN(S(=O)(=O)c3ccc(C)cc3)CC2)cc1. The summed E-state index contributed by atoms with van der Waals surface area (Å²) in [7, 11) is -3.51. The smallest absolute Gasteiger partial charge is 0.254 e. The molecule has 172 valence electrons. The number of hydrogen-bond donors (Lipinski definition) is 1. The minimum absolute atomic E-state index is 0.166. The molecular weight excluding hydrogens is 428 g/mol. The third kappa shape index (κ3) is 6.62. The predicted molar refractivity (Wildman–Crippen MR) is 124 cm³/mol. The first-order chi connectivity index (χ1) is 15.4. The molecule has 3 rings (SSSR count). The molecule has 0 saturated carbocycles. The molecule has 0 unspecified atom stereocenters. The van der Waals surface area contributed by atoms with Crippen LogP contribution < -0.4 is 10.2 Å². The second kappa shape index (κ2) is 11.2. The fourth-order valence-electron chi connectivity index (χ4n) is 3.27. The number of hydrazone groups is 1. The maximum Gasteiger partial charge on any atom is 0.254 e. The Labute approximate surface area is 189 Å². The van der Waals surface area contributed by atoms with Gasteiger partial charge < -0.3 is 4.74 Å². The molecule has 1 amide bonds. The highest BCUT2D eigenvalue weighted by Gasteiger charge is 2.28. The second-order valence-corrected chi connectivity index (χ2v) is 9.64. The number of rotatable bonds is 9. The van der Waals surface area contributed by atoms with Gasteiger partial charge in [-0.3, -0.25) is 9.69 Å². The van der Waals surface area contributed by atoms with Crippen molar-refractivity contribution in [3.63, 3.8) is 0 Å². The maximum absolute atomic E-state index is 12.8. The van der Waals surface area contributed by atoms with Gasteiger partial charge in [-0.25, -0.2) is 13.8 Å². The summed E-state index contributed by atoms with van der Waals surface area (Å²) in [5, 5.41) is 4.00. The van der Waals surface area contributed by atoms with Crippen LogP contribution in [0.5, 0.6) is 5.75 Å². The summed E-state index contributed by atoms with van der Waals surface area (Å²) in [6.45, 7) is 6.48. The van der Waals surface area contributed by atoms with Gasteiger partial charge in [0.05, 0.1) is 24.3 Å². The molecule has 0 aromatic heterocycles. The molecule has 1 heterocycles. The van der Waals surface area contributed by atoms with Crippen molar-refractivity contribution in [3.8, 4) is 5.75 Å². The zero-order valence-corrected chi connectivity index (χ0v) is 19.3. The first-order valence-electron chi connectivity index (χ1n) is 10.7. The van der Waals surface area contributed by atoms with Crippen LogP contribution in [0.1, 0.15) is 24.5 Å². The summed E-state index contributed by atoms with van der Waals surface area (Å²) >= 11 is 0. The van der Waals surface area contributed by atoms with Crippen LogP contribution in [-0.4, -0.2) is 69.1 Å². The van der Waals surface area contributed by atoms with E-state index in [2.05, 4.69) is 17.5 Å². The van der Waals surface area contributed by atoms with E-state index in [-0.39, 0.29) is 12.5 Å². The van der Waals surface area contributed by atoms with E-state index in [1.54, 1.807) is 30.5 Å². The number of aryl methyl sites for hydroxylation is 1. The standard InChI is InChI=1S/C23H30N4O4S/c1-3-16-31-21-8-6-20(7-9-21)17-24-25-23(28)18-26-12-14-27(15-13-26)32(29,30)22-10-4-19(2)5-11-22/h4-11,17H,3,12-16,18H2,1-2H3,(H,25,28). The van der Waals surface area contributed by atoms with Gasteiger partial charge in [0.15, 0.2) is 0 Å². The summed E-state index contributed by atoms with van der Waals surface area (Å²) in [6.07, 6.45) is 2.53. The van der Waals surface area contributed by atoms with Gasteiger partial charge >= 0.3 is 0 Å². The van der Waals surface area contributed by atoms with Gasteiger partial charge in [0, 0.05) is 26.2 Å². The molecule has 9 heteroatoms. The van der Waals surface area contributed by atoms with Crippen molar-refractivity contribution in [1.29, 1.82) is 0 Å². The molecule has 1 saturated heterocycles. The molecule has 1 N–H and O–H groups in total. The van der Waals surface area contributed by atoms with E-state index in [0.717, 1.165) is 23.3 Å². The Bertz CT molecular complexity index is 1010. The molecule has 1 fully saturated rings. The van der Waals surface area contributed by atoms with Crippen LogP contribution in [-0.2, 0) is 14.8 Å². The van der Waals surface area contributed by atoms with Crippen molar-refractivity contribution in [2.75, 3.05) is 39.3 Å². The lowest BCUT2D eigenvalue weighted by atomic mass is 10.2. The first-order valence-corrected chi connectivity index (χ1v) is 12.2. The van der Waals surface area contributed by atoms with Crippen LogP contribution >= 0.6 is 0 Å². The molecule has 0 aliphatic carbocycles. The van der Waals surface area contributed by atoms with E-state index in [4.69, 9.17) is 4.74 Å². The Morgan fingerprint density at radius 2 is 1.72 bits per heavy atom. The lowest BCUT2D eigenvalue weighted by Crippen LogP contribution is -2.50. The molecule has 8 nitrogen and oxygen atoms in total. The van der Waals surface area contributed by atoms with E-state index in [1.807, 2.05) is 36.1 Å². The maximum atomic E-state index is 12.8. The highest BCUT2D eigenvalue weighted by molar-refractivity contribution is 7.89. The molecule has 0 spiro atoms.